The molecule has 0 radical (unpaired) electrons. The Hall–Kier alpha value is -1.82. The first kappa shape index (κ1) is 24.8. The minimum atomic E-state index is -3.96. The molecule has 180 valence electrons. The lowest BCUT2D eigenvalue weighted by atomic mass is 9.84. The fraction of sp³-hybridized carbons (Fsp3) is 0.737. The van der Waals surface area contributed by atoms with E-state index in [1.165, 1.54) is 23.9 Å². The molecule has 0 aromatic carbocycles. The van der Waals surface area contributed by atoms with Crippen molar-refractivity contribution in [3.63, 3.8) is 0 Å². The summed E-state index contributed by atoms with van der Waals surface area (Å²) in [5.74, 6) is -0.547. The van der Waals surface area contributed by atoms with Gasteiger partial charge in [-0.1, -0.05) is 13.8 Å². The highest BCUT2D eigenvalue weighted by Gasteiger charge is 2.58. The number of fused-ring (bicyclic) bond motifs is 1. The summed E-state index contributed by atoms with van der Waals surface area (Å²) in [7, 11) is -2.59. The number of ether oxygens (including phenoxy) is 3. The molecule has 1 N–H and O–H groups in total. The van der Waals surface area contributed by atoms with Crippen LogP contribution in [-0.4, -0.2) is 60.3 Å². The van der Waals surface area contributed by atoms with Gasteiger partial charge in [0.05, 0.1) is 19.3 Å². The summed E-state index contributed by atoms with van der Waals surface area (Å²) in [5, 5.41) is 0. The number of phosphoric acid groups is 1. The normalized spacial score (nSPS) is 30.1. The Morgan fingerprint density at radius 2 is 2.09 bits per heavy atom. The highest BCUT2D eigenvalue weighted by atomic mass is 31.2. The molecule has 3 heterocycles. The van der Waals surface area contributed by atoms with Gasteiger partial charge in [-0.25, -0.2) is 14.2 Å². The quantitative estimate of drug-likeness (QED) is 0.431. The minimum Gasteiger partial charge on any atom is -0.461 e. The molecule has 0 spiro atoms. The van der Waals surface area contributed by atoms with Crippen LogP contribution in [0.15, 0.2) is 21.9 Å². The monoisotopic (exact) mass is 476 g/mol. The predicted molar refractivity (Wildman–Crippen MR) is 110 cm³/mol. The summed E-state index contributed by atoms with van der Waals surface area (Å²) < 4.78 is 46.9. The van der Waals surface area contributed by atoms with Crippen molar-refractivity contribution in [3.8, 4) is 0 Å². The molecule has 2 aliphatic heterocycles. The number of phosphoric ester groups is 1. The van der Waals surface area contributed by atoms with E-state index in [4.69, 9.17) is 27.8 Å². The number of hydrogen-bond acceptors (Lipinski definition) is 10. The Labute approximate surface area is 184 Å². The van der Waals surface area contributed by atoms with Gasteiger partial charge in [0.2, 0.25) is 0 Å². The number of rotatable bonds is 8. The SMILES string of the molecule is CO[C@H](CCO[P@@]1(=O)OC[C@H]2O[C@@H](n3ccc(=O)[nH]c3=O)C(C)(C)[C@@H]2O1)C(=O)OC(C)C. The average Bonchev–Trinajstić information content (AvgIpc) is 2.95. The van der Waals surface area contributed by atoms with Gasteiger partial charge in [-0.2, -0.15) is 0 Å². The zero-order valence-electron chi connectivity index (χ0n) is 18.6. The van der Waals surface area contributed by atoms with Crippen LogP contribution in [0.3, 0.4) is 0 Å². The van der Waals surface area contributed by atoms with Crippen LogP contribution in [0.1, 0.15) is 40.3 Å². The Morgan fingerprint density at radius 1 is 1.38 bits per heavy atom. The number of methoxy groups -OCH3 is 1. The third-order valence-corrected chi connectivity index (χ3v) is 6.73. The van der Waals surface area contributed by atoms with Gasteiger partial charge >= 0.3 is 19.5 Å². The van der Waals surface area contributed by atoms with Crippen molar-refractivity contribution in [2.24, 2.45) is 5.41 Å². The zero-order valence-corrected chi connectivity index (χ0v) is 19.5. The number of aromatic amines is 1. The van der Waals surface area contributed by atoms with Crippen LogP contribution < -0.4 is 11.2 Å². The molecule has 0 unspecified atom stereocenters. The molecule has 0 aliphatic carbocycles. The molecule has 0 bridgehead atoms. The highest BCUT2D eigenvalue weighted by Crippen LogP contribution is 2.60. The molecule has 3 rings (SSSR count). The van der Waals surface area contributed by atoms with Gasteiger partial charge in [-0.15, -0.1) is 0 Å². The molecule has 2 fully saturated rings. The van der Waals surface area contributed by atoms with Crippen molar-refractivity contribution in [1.29, 1.82) is 0 Å². The second kappa shape index (κ2) is 9.58. The first-order chi connectivity index (χ1) is 15.0. The maximum atomic E-state index is 13.0. The number of esters is 1. The third kappa shape index (κ3) is 5.22. The van der Waals surface area contributed by atoms with Crippen molar-refractivity contribution in [1.82, 2.24) is 9.55 Å². The van der Waals surface area contributed by atoms with Crippen LogP contribution in [0.2, 0.25) is 0 Å². The van der Waals surface area contributed by atoms with Gasteiger partial charge in [0.15, 0.2) is 6.10 Å². The largest absolute Gasteiger partial charge is 0.475 e. The number of carbonyl (C=O) groups is 1. The van der Waals surface area contributed by atoms with E-state index in [0.717, 1.165) is 0 Å². The third-order valence-electron chi connectivity index (χ3n) is 5.28. The number of nitrogens with one attached hydrogen (secondary N) is 1. The van der Waals surface area contributed by atoms with E-state index in [1.54, 1.807) is 27.7 Å². The predicted octanol–water partition coefficient (Wildman–Crippen LogP) is 1.36. The van der Waals surface area contributed by atoms with Gasteiger partial charge in [0, 0.05) is 31.2 Å². The fourth-order valence-electron chi connectivity index (χ4n) is 3.71. The first-order valence-corrected chi connectivity index (χ1v) is 11.7. The van der Waals surface area contributed by atoms with Gasteiger partial charge in [-0.3, -0.25) is 27.9 Å². The standard InChI is InChI=1S/C19H29N2O10P/c1-11(2)29-16(23)12(26-5)7-9-27-32(25)28-10-13-15(31-32)19(3,4)17(30-13)21-8-6-14(22)20-18(21)24/h6,8,11-13,15,17H,7,9-10H2,1-5H3,(H,20,22,24)/t12-,13-,15-,17-,32+/m1/s1. The molecule has 12 nitrogen and oxygen atoms in total. The summed E-state index contributed by atoms with van der Waals surface area (Å²) in [6, 6.07) is 1.21. The summed E-state index contributed by atoms with van der Waals surface area (Å²) in [6.07, 6.45) is -1.87. The van der Waals surface area contributed by atoms with Crippen LogP contribution in [0, 0.1) is 5.41 Å². The number of carbonyl (C=O) groups excluding carboxylic acids is 1. The second-order valence-electron chi connectivity index (χ2n) is 8.47. The molecule has 2 saturated heterocycles. The van der Waals surface area contributed by atoms with Crippen molar-refractivity contribution < 1.29 is 37.1 Å². The summed E-state index contributed by atoms with van der Waals surface area (Å²) in [4.78, 5) is 37.8. The lowest BCUT2D eigenvalue weighted by Gasteiger charge is -2.36. The van der Waals surface area contributed by atoms with E-state index in [9.17, 15) is 18.9 Å². The van der Waals surface area contributed by atoms with E-state index in [-0.39, 0.29) is 25.7 Å². The molecule has 2 aliphatic rings. The van der Waals surface area contributed by atoms with Crippen molar-refractivity contribution in [2.45, 2.75) is 64.8 Å². The maximum Gasteiger partial charge on any atom is 0.475 e. The first-order valence-electron chi connectivity index (χ1n) is 10.2. The molecule has 0 amide bonds. The van der Waals surface area contributed by atoms with Crippen molar-refractivity contribution >= 4 is 13.8 Å². The van der Waals surface area contributed by atoms with Crippen molar-refractivity contribution in [3.05, 3.63) is 33.1 Å². The Bertz CT molecular complexity index is 987. The topological polar surface area (TPSA) is 144 Å². The summed E-state index contributed by atoms with van der Waals surface area (Å²) in [5.41, 5.74) is -1.97. The molecule has 1 aromatic rings. The number of hydrogen-bond donors (Lipinski definition) is 1. The lowest BCUT2D eigenvalue weighted by molar-refractivity contribution is -0.160. The zero-order chi connectivity index (χ0) is 23.7. The van der Waals surface area contributed by atoms with Crippen LogP contribution in [-0.2, 0) is 37.1 Å². The molecule has 1 aromatic heterocycles. The average molecular weight is 476 g/mol. The van der Waals surface area contributed by atoms with E-state index < -0.39 is 55.0 Å². The van der Waals surface area contributed by atoms with E-state index in [1.807, 2.05) is 0 Å². The summed E-state index contributed by atoms with van der Waals surface area (Å²) >= 11 is 0. The Kier molecular flexibility index (Phi) is 7.43. The van der Waals surface area contributed by atoms with Crippen LogP contribution in [0.5, 0.6) is 0 Å². The molecular weight excluding hydrogens is 447 g/mol. The fourth-order valence-corrected chi connectivity index (χ4v) is 5.25. The highest BCUT2D eigenvalue weighted by molar-refractivity contribution is 7.48. The Morgan fingerprint density at radius 3 is 2.72 bits per heavy atom. The number of aromatic nitrogens is 2. The lowest BCUT2D eigenvalue weighted by Crippen LogP contribution is -2.42. The van der Waals surface area contributed by atoms with Crippen LogP contribution >= 0.6 is 7.82 Å². The maximum absolute atomic E-state index is 13.0. The van der Waals surface area contributed by atoms with Crippen LogP contribution in [0.4, 0.5) is 0 Å². The smallest absolute Gasteiger partial charge is 0.461 e. The molecule has 5 atom stereocenters. The van der Waals surface area contributed by atoms with Gasteiger partial charge in [-0.05, 0) is 13.8 Å². The van der Waals surface area contributed by atoms with E-state index in [2.05, 4.69) is 4.98 Å². The molecular formula is C19H29N2O10P. The molecule has 13 heteroatoms. The Balaban J connectivity index is 1.66. The van der Waals surface area contributed by atoms with Crippen LogP contribution in [0.25, 0.3) is 0 Å². The van der Waals surface area contributed by atoms with Gasteiger partial charge in [0.1, 0.15) is 18.4 Å². The summed E-state index contributed by atoms with van der Waals surface area (Å²) in [6.45, 7) is 6.81. The number of H-pyrrole nitrogens is 1. The molecule has 0 saturated carbocycles. The minimum absolute atomic E-state index is 0.0803. The van der Waals surface area contributed by atoms with E-state index >= 15 is 0 Å². The van der Waals surface area contributed by atoms with Gasteiger partial charge in [0.25, 0.3) is 5.56 Å². The number of nitrogens with zero attached hydrogens (tertiary/aromatic N) is 1. The van der Waals surface area contributed by atoms with Gasteiger partial charge < -0.3 is 14.2 Å². The van der Waals surface area contributed by atoms with E-state index in [0.29, 0.717) is 0 Å². The molecule has 32 heavy (non-hydrogen) atoms. The van der Waals surface area contributed by atoms with Crippen molar-refractivity contribution in [2.75, 3.05) is 20.3 Å². The second-order valence-corrected chi connectivity index (χ2v) is 10.1.